The molecule has 4 aromatic carbocycles. The van der Waals surface area contributed by atoms with E-state index in [1.807, 2.05) is 97.1 Å². The van der Waals surface area contributed by atoms with E-state index in [1.54, 1.807) is 5.01 Å². The number of nitrogens with zero attached hydrogens (tertiary/aromatic N) is 2. The molecule has 6 heteroatoms. The number of carbonyl (C=O) groups excluding carboxylic acids is 1. The van der Waals surface area contributed by atoms with Crippen LogP contribution >= 0.6 is 0 Å². The molecule has 1 unspecified atom stereocenters. The summed E-state index contributed by atoms with van der Waals surface area (Å²) in [5.41, 5.74) is 2.21. The van der Waals surface area contributed by atoms with E-state index in [0.717, 1.165) is 33.1 Å². The van der Waals surface area contributed by atoms with E-state index < -0.39 is 11.2 Å². The van der Waals surface area contributed by atoms with E-state index in [2.05, 4.69) is 5.32 Å². The van der Waals surface area contributed by atoms with Gasteiger partial charge in [-0.15, -0.1) is 0 Å². The van der Waals surface area contributed by atoms with Crippen molar-refractivity contribution in [2.24, 2.45) is 5.10 Å². The lowest BCUT2D eigenvalue weighted by Gasteiger charge is -2.32. The lowest BCUT2D eigenvalue weighted by molar-refractivity contribution is -0.120. The Bertz CT molecular complexity index is 1760. The van der Waals surface area contributed by atoms with E-state index in [1.165, 1.54) is 0 Å². The number of hydrazone groups is 1. The largest absolute Gasteiger partial charge is 0.422 e. The van der Waals surface area contributed by atoms with Gasteiger partial charge in [0.25, 0.3) is 5.91 Å². The molecular weight excluding hydrogens is 438 g/mol. The first-order valence-corrected chi connectivity index (χ1v) is 11.4. The van der Waals surface area contributed by atoms with Crippen molar-refractivity contribution in [3.05, 3.63) is 119 Å². The van der Waals surface area contributed by atoms with Gasteiger partial charge in [0.1, 0.15) is 5.58 Å². The number of anilines is 2. The van der Waals surface area contributed by atoms with Gasteiger partial charge in [0.05, 0.1) is 17.0 Å². The molecule has 7 rings (SSSR count). The van der Waals surface area contributed by atoms with Gasteiger partial charge >= 0.3 is 5.63 Å². The van der Waals surface area contributed by atoms with Gasteiger partial charge in [-0.2, -0.15) is 5.10 Å². The highest BCUT2D eigenvalue weighted by Crippen LogP contribution is 2.48. The molecule has 0 fully saturated rings. The summed E-state index contributed by atoms with van der Waals surface area (Å²) in [5.74, 6) is -0.170. The molecule has 0 radical (unpaired) electrons. The summed E-state index contributed by atoms with van der Waals surface area (Å²) in [7, 11) is 0. The van der Waals surface area contributed by atoms with Crippen molar-refractivity contribution < 1.29 is 9.21 Å². The Kier molecular flexibility index (Phi) is 4.03. The molecule has 1 aromatic heterocycles. The molecule has 0 bridgehead atoms. The van der Waals surface area contributed by atoms with Gasteiger partial charge in [0.2, 0.25) is 0 Å². The van der Waals surface area contributed by atoms with Crippen LogP contribution < -0.4 is 16.0 Å². The van der Waals surface area contributed by atoms with Gasteiger partial charge in [-0.05, 0) is 41.1 Å². The summed E-state index contributed by atoms with van der Waals surface area (Å²) in [6.45, 7) is 0. The number of hydrogen-bond acceptors (Lipinski definition) is 5. The molecule has 2 aliphatic rings. The summed E-state index contributed by atoms with van der Waals surface area (Å²) in [6.07, 6.45) is 0.242. The number of amides is 1. The topological polar surface area (TPSA) is 74.9 Å². The average Bonchev–Trinajstić information content (AvgIpc) is 3.43. The van der Waals surface area contributed by atoms with Crippen molar-refractivity contribution in [3.63, 3.8) is 0 Å². The lowest BCUT2D eigenvalue weighted by atomic mass is 9.85. The number of rotatable bonds is 2. The van der Waals surface area contributed by atoms with Gasteiger partial charge in [0.15, 0.2) is 5.54 Å². The monoisotopic (exact) mass is 457 g/mol. The summed E-state index contributed by atoms with van der Waals surface area (Å²) in [4.78, 5) is 26.7. The van der Waals surface area contributed by atoms with Crippen molar-refractivity contribution in [2.45, 2.75) is 12.0 Å². The predicted molar refractivity (Wildman–Crippen MR) is 137 cm³/mol. The minimum atomic E-state index is -1.09. The van der Waals surface area contributed by atoms with Crippen LogP contribution in [0.3, 0.4) is 0 Å². The van der Waals surface area contributed by atoms with Gasteiger partial charge in [-0.1, -0.05) is 66.7 Å². The number of benzene rings is 4. The van der Waals surface area contributed by atoms with Crippen molar-refractivity contribution in [3.8, 4) is 0 Å². The molecule has 1 atom stereocenters. The molecule has 3 heterocycles. The first-order chi connectivity index (χ1) is 17.1. The van der Waals surface area contributed by atoms with E-state index >= 15 is 0 Å². The van der Waals surface area contributed by atoms with Crippen LogP contribution in [-0.4, -0.2) is 11.6 Å². The first kappa shape index (κ1) is 19.7. The minimum Gasteiger partial charge on any atom is -0.422 e. The smallest absolute Gasteiger partial charge is 0.345 e. The predicted octanol–water partition coefficient (Wildman–Crippen LogP) is 5.41. The Morgan fingerprint density at radius 3 is 2.49 bits per heavy atom. The molecule has 6 nitrogen and oxygen atoms in total. The van der Waals surface area contributed by atoms with Gasteiger partial charge in [0, 0.05) is 23.1 Å². The Labute approximate surface area is 200 Å². The fraction of sp³-hybridized carbons (Fsp3) is 0.0690. The van der Waals surface area contributed by atoms with E-state index in [9.17, 15) is 9.59 Å². The van der Waals surface area contributed by atoms with Crippen LogP contribution in [0.4, 0.5) is 11.4 Å². The summed E-state index contributed by atoms with van der Waals surface area (Å²) >= 11 is 0. The molecule has 0 saturated heterocycles. The van der Waals surface area contributed by atoms with E-state index in [-0.39, 0.29) is 12.3 Å². The van der Waals surface area contributed by atoms with E-state index in [4.69, 9.17) is 9.52 Å². The normalized spacial score (nSPS) is 18.8. The van der Waals surface area contributed by atoms with Crippen LogP contribution in [-0.2, 0) is 10.3 Å². The maximum absolute atomic E-state index is 13.6. The third-order valence-corrected chi connectivity index (χ3v) is 6.96. The fourth-order valence-electron chi connectivity index (χ4n) is 5.31. The highest BCUT2D eigenvalue weighted by molar-refractivity contribution is 6.17. The van der Waals surface area contributed by atoms with Gasteiger partial charge < -0.3 is 9.73 Å². The highest BCUT2D eigenvalue weighted by atomic mass is 16.4. The average molecular weight is 457 g/mol. The summed E-state index contributed by atoms with van der Waals surface area (Å²) in [5, 5.41) is 12.5. The Balaban J connectivity index is 1.47. The Morgan fingerprint density at radius 2 is 1.60 bits per heavy atom. The van der Waals surface area contributed by atoms with Crippen molar-refractivity contribution in [1.82, 2.24) is 0 Å². The maximum Gasteiger partial charge on any atom is 0.345 e. The molecule has 168 valence electrons. The number of carbonyl (C=O) groups is 1. The van der Waals surface area contributed by atoms with Gasteiger partial charge in [-0.3, -0.25) is 4.79 Å². The van der Waals surface area contributed by atoms with Crippen LogP contribution in [0, 0.1) is 0 Å². The van der Waals surface area contributed by atoms with Crippen LogP contribution in [0.25, 0.3) is 21.7 Å². The molecule has 5 aromatic rings. The third-order valence-electron chi connectivity index (χ3n) is 6.96. The minimum absolute atomic E-state index is 0.170. The zero-order valence-corrected chi connectivity index (χ0v) is 18.6. The summed E-state index contributed by atoms with van der Waals surface area (Å²) in [6, 6.07) is 30.8. The third kappa shape index (κ3) is 2.74. The van der Waals surface area contributed by atoms with Crippen molar-refractivity contribution in [2.75, 3.05) is 10.3 Å². The second kappa shape index (κ2) is 7.14. The zero-order chi connectivity index (χ0) is 23.6. The second-order valence-corrected chi connectivity index (χ2v) is 8.88. The number of hydrogen-bond donors (Lipinski definition) is 1. The summed E-state index contributed by atoms with van der Waals surface area (Å²) < 4.78 is 5.75. The Hall–Kier alpha value is -4.71. The standard InChI is InChI=1S/C29H19N3O3/c33-27-22(16-21-20-11-5-4-8-18(20)14-15-26(21)35-27)25-17-29(32(31-25)19-9-2-1-3-10-19)23-12-6-7-13-24(23)30-28(29)34/h1-16H,17H2,(H,30,34). The van der Waals surface area contributed by atoms with E-state index in [0.29, 0.717) is 16.9 Å². The maximum atomic E-state index is 13.6. The highest BCUT2D eigenvalue weighted by Gasteiger charge is 2.56. The van der Waals surface area contributed by atoms with Crippen molar-refractivity contribution >= 4 is 44.7 Å². The lowest BCUT2D eigenvalue weighted by Crippen LogP contribution is -2.46. The van der Waals surface area contributed by atoms with Crippen LogP contribution in [0.2, 0.25) is 0 Å². The molecule has 1 amide bonds. The molecule has 35 heavy (non-hydrogen) atoms. The molecular formula is C29H19N3O3. The van der Waals surface area contributed by atoms with Gasteiger partial charge in [-0.25, -0.2) is 9.80 Å². The number of fused-ring (bicyclic) bond motifs is 5. The van der Waals surface area contributed by atoms with Crippen LogP contribution in [0.15, 0.2) is 111 Å². The first-order valence-electron chi connectivity index (χ1n) is 11.4. The molecule has 2 aliphatic heterocycles. The second-order valence-electron chi connectivity index (χ2n) is 8.88. The molecule has 0 aliphatic carbocycles. The zero-order valence-electron chi connectivity index (χ0n) is 18.6. The number of para-hydroxylation sites is 2. The number of nitrogens with one attached hydrogen (secondary N) is 1. The van der Waals surface area contributed by atoms with Crippen LogP contribution in [0.1, 0.15) is 17.5 Å². The Morgan fingerprint density at radius 1 is 0.829 bits per heavy atom. The molecule has 1 spiro atoms. The quantitative estimate of drug-likeness (QED) is 0.284. The molecule has 1 N–H and O–H groups in total. The SMILES string of the molecule is O=C1Nc2ccccc2C12CC(c1cc3c(ccc4ccccc43)oc1=O)=NN2c1ccccc1. The molecule has 0 saturated carbocycles. The van der Waals surface area contributed by atoms with Crippen LogP contribution in [0.5, 0.6) is 0 Å². The van der Waals surface area contributed by atoms with Crippen molar-refractivity contribution in [1.29, 1.82) is 0 Å². The fourth-order valence-corrected chi connectivity index (χ4v) is 5.31.